The maximum atomic E-state index is 8.69. The lowest BCUT2D eigenvalue weighted by Gasteiger charge is -1.94. The van der Waals surface area contributed by atoms with Crippen molar-refractivity contribution in [3.63, 3.8) is 0 Å². The molecule has 2 rings (SSSR count). The summed E-state index contributed by atoms with van der Waals surface area (Å²) in [5.41, 5.74) is 2.47. The van der Waals surface area contributed by atoms with Gasteiger partial charge in [-0.15, -0.1) is 0 Å². The molecule has 0 saturated carbocycles. The van der Waals surface area contributed by atoms with Gasteiger partial charge in [0.25, 0.3) is 0 Å². The van der Waals surface area contributed by atoms with Crippen LogP contribution in [-0.2, 0) is 4.57 Å². The SMILES string of the molecule is N#CC1=C2C=CC(=C1)C2C#N.O=P. The molecule has 0 saturated heterocycles. The van der Waals surface area contributed by atoms with Crippen LogP contribution in [0.5, 0.6) is 0 Å². The Hall–Kier alpha value is -1.70. The Morgan fingerprint density at radius 1 is 1.31 bits per heavy atom. The normalized spacial score (nSPS) is 21.4. The highest BCUT2D eigenvalue weighted by Crippen LogP contribution is 2.38. The van der Waals surface area contributed by atoms with Crippen molar-refractivity contribution < 1.29 is 4.57 Å². The molecule has 1 unspecified atom stereocenters. The summed E-state index contributed by atoms with van der Waals surface area (Å²) in [6.07, 6.45) is 5.52. The summed E-state index contributed by atoms with van der Waals surface area (Å²) in [5, 5.41) is 17.3. The summed E-state index contributed by atoms with van der Waals surface area (Å²) in [6.45, 7) is 0. The standard InChI is InChI=1S/C9H4N2.HOP/c10-4-7-3-6-1-2-8(7)9(6)5-11;1-2/h1-3,9H;2H. The molecule has 13 heavy (non-hydrogen) atoms. The van der Waals surface area contributed by atoms with Gasteiger partial charge in [-0.1, -0.05) is 12.2 Å². The van der Waals surface area contributed by atoms with E-state index in [0.29, 0.717) is 5.57 Å². The van der Waals surface area contributed by atoms with Gasteiger partial charge in [0, 0.05) is 0 Å². The number of hydrogen-bond acceptors (Lipinski definition) is 3. The van der Waals surface area contributed by atoms with E-state index in [9.17, 15) is 0 Å². The largest absolute Gasteiger partial charge is 0.279 e. The van der Waals surface area contributed by atoms with Crippen LogP contribution in [0.1, 0.15) is 0 Å². The Balaban J connectivity index is 0.000000396. The van der Waals surface area contributed by atoms with Crippen LogP contribution >= 0.6 is 9.12 Å². The highest BCUT2D eigenvalue weighted by Gasteiger charge is 2.28. The second-order valence-corrected chi connectivity index (χ2v) is 2.52. The van der Waals surface area contributed by atoms with E-state index in [2.05, 4.69) is 12.1 Å². The van der Waals surface area contributed by atoms with E-state index in [1.54, 1.807) is 15.2 Å². The molecular formula is C9H5N2OP. The van der Waals surface area contributed by atoms with E-state index >= 15 is 0 Å². The van der Waals surface area contributed by atoms with Crippen molar-refractivity contribution in [2.45, 2.75) is 0 Å². The zero-order chi connectivity index (χ0) is 9.84. The van der Waals surface area contributed by atoms with Crippen molar-refractivity contribution in [2.75, 3.05) is 0 Å². The Morgan fingerprint density at radius 2 is 2.00 bits per heavy atom. The fourth-order valence-electron chi connectivity index (χ4n) is 1.43. The van der Waals surface area contributed by atoms with Gasteiger partial charge in [0.05, 0.1) is 23.6 Å². The van der Waals surface area contributed by atoms with Crippen LogP contribution in [0.4, 0.5) is 0 Å². The van der Waals surface area contributed by atoms with Gasteiger partial charge in [-0.2, -0.15) is 10.5 Å². The van der Waals surface area contributed by atoms with Crippen molar-refractivity contribution >= 4 is 9.12 Å². The number of hydrogen-bond donors (Lipinski definition) is 0. The van der Waals surface area contributed by atoms with Gasteiger partial charge in [-0.3, -0.25) is 4.57 Å². The average molecular weight is 188 g/mol. The molecule has 0 spiro atoms. The topological polar surface area (TPSA) is 64.7 Å². The van der Waals surface area contributed by atoms with Crippen molar-refractivity contribution in [1.29, 1.82) is 10.5 Å². The first-order valence-corrected chi connectivity index (χ1v) is 3.91. The third-order valence-electron chi connectivity index (χ3n) is 1.97. The molecule has 0 heterocycles. The second kappa shape index (κ2) is 3.81. The van der Waals surface area contributed by atoms with Crippen LogP contribution in [-0.4, -0.2) is 0 Å². The van der Waals surface area contributed by atoms with E-state index in [4.69, 9.17) is 15.1 Å². The average Bonchev–Trinajstić information content (AvgIpc) is 2.76. The molecule has 0 aromatic heterocycles. The molecule has 2 aliphatic rings. The maximum Gasteiger partial charge on any atom is 0.138 e. The van der Waals surface area contributed by atoms with Crippen LogP contribution in [0, 0.1) is 28.6 Å². The zero-order valence-electron chi connectivity index (χ0n) is 6.61. The predicted octanol–water partition coefficient (Wildman–Crippen LogP) is 1.93. The molecule has 0 N–H and O–H groups in total. The molecule has 0 aromatic rings. The second-order valence-electron chi connectivity index (χ2n) is 2.52. The van der Waals surface area contributed by atoms with Crippen LogP contribution < -0.4 is 0 Å². The van der Waals surface area contributed by atoms with E-state index < -0.39 is 0 Å². The van der Waals surface area contributed by atoms with Crippen LogP contribution in [0.2, 0.25) is 0 Å². The summed E-state index contributed by atoms with van der Waals surface area (Å²) in [5.74, 6) is -0.162. The first-order valence-electron chi connectivity index (χ1n) is 3.51. The Labute approximate surface area is 77.9 Å². The highest BCUT2D eigenvalue weighted by atomic mass is 31.0. The number of fused-ring (bicyclic) bond motifs is 2. The Morgan fingerprint density at radius 3 is 2.38 bits per heavy atom. The van der Waals surface area contributed by atoms with E-state index in [1.807, 2.05) is 12.2 Å². The minimum Gasteiger partial charge on any atom is -0.279 e. The first kappa shape index (κ1) is 9.39. The molecule has 4 heteroatoms. The van der Waals surface area contributed by atoms with Gasteiger partial charge < -0.3 is 0 Å². The molecule has 0 aromatic carbocycles. The van der Waals surface area contributed by atoms with Gasteiger partial charge in [-0.25, -0.2) is 0 Å². The number of nitriles is 2. The van der Waals surface area contributed by atoms with E-state index in [1.165, 1.54) is 0 Å². The molecular weight excluding hydrogens is 183 g/mol. The molecule has 62 valence electrons. The van der Waals surface area contributed by atoms with Crippen molar-refractivity contribution in [3.05, 3.63) is 34.9 Å². The lowest BCUT2D eigenvalue weighted by molar-refractivity contribution is 0.607. The number of nitrogens with zero attached hydrogens (tertiary/aromatic N) is 2. The molecule has 2 aliphatic carbocycles. The maximum absolute atomic E-state index is 8.69. The van der Waals surface area contributed by atoms with E-state index in [0.717, 1.165) is 11.1 Å². The van der Waals surface area contributed by atoms with Gasteiger partial charge in [0.15, 0.2) is 0 Å². The minimum absolute atomic E-state index is 0.162. The van der Waals surface area contributed by atoms with Gasteiger partial charge in [-0.05, 0) is 17.2 Å². The monoisotopic (exact) mass is 188 g/mol. The summed E-state index contributed by atoms with van der Waals surface area (Å²) >= 11 is 0. The third kappa shape index (κ3) is 1.31. The lowest BCUT2D eigenvalue weighted by atomic mass is 10.0. The summed E-state index contributed by atoms with van der Waals surface area (Å²) in [4.78, 5) is 0. The van der Waals surface area contributed by atoms with Crippen molar-refractivity contribution in [1.82, 2.24) is 0 Å². The van der Waals surface area contributed by atoms with Crippen LogP contribution in [0.25, 0.3) is 0 Å². The summed E-state index contributed by atoms with van der Waals surface area (Å²) < 4.78 is 8.06. The van der Waals surface area contributed by atoms with Crippen LogP contribution in [0.3, 0.4) is 0 Å². The molecule has 0 radical (unpaired) electrons. The van der Waals surface area contributed by atoms with Gasteiger partial charge in [0.2, 0.25) is 0 Å². The predicted molar refractivity (Wildman–Crippen MR) is 48.0 cm³/mol. The van der Waals surface area contributed by atoms with Crippen LogP contribution in [0.15, 0.2) is 34.9 Å². The van der Waals surface area contributed by atoms with Crippen molar-refractivity contribution in [3.8, 4) is 12.1 Å². The van der Waals surface area contributed by atoms with Crippen molar-refractivity contribution in [2.24, 2.45) is 5.92 Å². The molecule has 2 bridgehead atoms. The first-order chi connectivity index (χ1) is 6.36. The summed E-state index contributed by atoms with van der Waals surface area (Å²) in [7, 11) is 1.72. The van der Waals surface area contributed by atoms with Gasteiger partial charge in [0.1, 0.15) is 9.12 Å². The fourth-order valence-corrected chi connectivity index (χ4v) is 1.43. The molecule has 0 amide bonds. The molecule has 3 nitrogen and oxygen atoms in total. The molecule has 0 fully saturated rings. The lowest BCUT2D eigenvalue weighted by Crippen LogP contribution is -1.90. The third-order valence-corrected chi connectivity index (χ3v) is 1.97. The Kier molecular flexibility index (Phi) is 2.75. The Bertz CT molecular complexity index is 406. The quantitative estimate of drug-likeness (QED) is 0.545. The minimum atomic E-state index is -0.162. The zero-order valence-corrected chi connectivity index (χ0v) is 7.61. The number of rotatable bonds is 0. The van der Waals surface area contributed by atoms with Gasteiger partial charge >= 0.3 is 0 Å². The number of allylic oxidation sites excluding steroid dienone is 6. The summed E-state index contributed by atoms with van der Waals surface area (Å²) in [6, 6.07) is 4.21. The molecule has 0 aliphatic heterocycles. The fraction of sp³-hybridized carbons (Fsp3) is 0.111. The molecule has 1 atom stereocenters. The smallest absolute Gasteiger partial charge is 0.138 e. The highest BCUT2D eigenvalue weighted by molar-refractivity contribution is 7.00. The van der Waals surface area contributed by atoms with E-state index in [-0.39, 0.29) is 5.92 Å².